The van der Waals surface area contributed by atoms with E-state index in [2.05, 4.69) is 278 Å². The van der Waals surface area contributed by atoms with E-state index in [1.165, 1.54) is 87.7 Å². The van der Waals surface area contributed by atoms with E-state index in [1.807, 2.05) is 11.8 Å². The summed E-state index contributed by atoms with van der Waals surface area (Å²) in [4.78, 5) is 5.08. The third kappa shape index (κ3) is 5.82. The summed E-state index contributed by atoms with van der Waals surface area (Å²) in [6.07, 6.45) is 0. The van der Waals surface area contributed by atoms with Crippen molar-refractivity contribution in [3.63, 3.8) is 0 Å². The van der Waals surface area contributed by atoms with Crippen LogP contribution in [0.4, 0.5) is 17.1 Å². The third-order valence-electron chi connectivity index (χ3n) is 16.6. The Morgan fingerprint density at radius 1 is 0.347 bits per heavy atom. The lowest BCUT2D eigenvalue weighted by atomic mass is 9.67. The van der Waals surface area contributed by atoms with Crippen molar-refractivity contribution < 1.29 is 4.42 Å². The molecule has 3 aliphatic rings. The molecule has 2 nitrogen and oxygen atoms in total. The van der Waals surface area contributed by atoms with E-state index < -0.39 is 10.8 Å². The Morgan fingerprint density at radius 2 is 0.907 bits per heavy atom. The second-order valence-corrected chi connectivity index (χ2v) is 21.3. The van der Waals surface area contributed by atoms with E-state index in [0.29, 0.717) is 0 Å². The first-order valence-electron chi connectivity index (χ1n) is 25.9. The quantitative estimate of drug-likeness (QED) is 0.165. The van der Waals surface area contributed by atoms with Crippen molar-refractivity contribution in [3.05, 3.63) is 317 Å². The molecule has 2 aliphatic carbocycles. The van der Waals surface area contributed by atoms with Crippen LogP contribution in [0.2, 0.25) is 0 Å². The van der Waals surface area contributed by atoms with Gasteiger partial charge in [-0.25, -0.2) is 0 Å². The van der Waals surface area contributed by atoms with Gasteiger partial charge in [-0.15, -0.1) is 0 Å². The molecule has 2 heterocycles. The van der Waals surface area contributed by atoms with Gasteiger partial charge in [0.05, 0.1) is 16.5 Å². The van der Waals surface area contributed by atoms with Gasteiger partial charge in [0.25, 0.3) is 0 Å². The van der Waals surface area contributed by atoms with Crippen molar-refractivity contribution in [1.82, 2.24) is 0 Å². The smallest absolute Gasteiger partial charge is 0.145 e. The second kappa shape index (κ2) is 16.2. The van der Waals surface area contributed by atoms with E-state index in [4.69, 9.17) is 4.42 Å². The standard InChI is InChI=1S/C72H45NOS/c1-3-20-48(21-4-1)71(49-22-5-2-6-23-49)58-28-10-7-24-53(58)54-44-42-51(45-63(54)71)73(64-33-17-19-47-39-43-56-55-25-9-14-34-65(55)74-70(56)68(47)64)50-40-37-46(38-41-50)52-27-18-32-62-69(52)57-26-8-11-29-59(57)72(62)60-30-12-15-35-66(60)75-67-36-16-13-31-61(67)72/h1-45H. The lowest BCUT2D eigenvalue weighted by molar-refractivity contribution is 0.672. The van der Waals surface area contributed by atoms with Gasteiger partial charge in [-0.1, -0.05) is 230 Å². The molecular formula is C72H45NOS. The summed E-state index contributed by atoms with van der Waals surface area (Å²) in [6.45, 7) is 0. The van der Waals surface area contributed by atoms with Crippen LogP contribution in [0.1, 0.15) is 44.5 Å². The van der Waals surface area contributed by atoms with Crippen LogP contribution < -0.4 is 4.90 Å². The Kier molecular flexibility index (Phi) is 9.14. The van der Waals surface area contributed by atoms with Crippen LogP contribution in [0.15, 0.2) is 287 Å². The zero-order chi connectivity index (χ0) is 49.2. The van der Waals surface area contributed by atoms with Crippen LogP contribution in [0.5, 0.6) is 0 Å². The SMILES string of the molecule is c1ccc(C2(c3ccccc3)c3ccccc3-c3ccc(N(c4ccc(-c5cccc6c5-c5ccccc5C65c6ccccc6Sc6ccccc65)cc4)c4cccc5ccc6c7ccccc7oc6c45)cc32)cc1. The van der Waals surface area contributed by atoms with Crippen molar-refractivity contribution in [2.24, 2.45) is 0 Å². The number of nitrogens with zero attached hydrogens (tertiary/aromatic N) is 1. The highest BCUT2D eigenvalue weighted by Crippen LogP contribution is 2.64. The van der Waals surface area contributed by atoms with Gasteiger partial charge in [0.1, 0.15) is 11.2 Å². The highest BCUT2D eigenvalue weighted by Gasteiger charge is 2.51. The van der Waals surface area contributed by atoms with Crippen LogP contribution in [-0.4, -0.2) is 0 Å². The van der Waals surface area contributed by atoms with Crippen LogP contribution in [-0.2, 0) is 10.8 Å². The first-order chi connectivity index (χ1) is 37.2. The monoisotopic (exact) mass is 971 g/mol. The van der Waals surface area contributed by atoms with Crippen molar-refractivity contribution in [3.8, 4) is 33.4 Å². The summed E-state index contributed by atoms with van der Waals surface area (Å²) in [7, 11) is 0. The van der Waals surface area contributed by atoms with Gasteiger partial charge in [-0.3, -0.25) is 0 Å². The Labute approximate surface area is 439 Å². The molecule has 0 bridgehead atoms. The average Bonchev–Trinajstić information content (AvgIpc) is 4.18. The number of rotatable bonds is 6. The fourth-order valence-electron chi connectivity index (χ4n) is 13.7. The number of fused-ring (bicyclic) bond motifs is 17. The van der Waals surface area contributed by atoms with Crippen LogP contribution in [0.25, 0.3) is 66.1 Å². The fourth-order valence-corrected chi connectivity index (χ4v) is 14.8. The predicted octanol–water partition coefficient (Wildman–Crippen LogP) is 19.1. The van der Waals surface area contributed by atoms with Gasteiger partial charge in [0.2, 0.25) is 0 Å². The third-order valence-corrected chi connectivity index (χ3v) is 17.8. The summed E-state index contributed by atoms with van der Waals surface area (Å²) < 4.78 is 6.91. The highest BCUT2D eigenvalue weighted by molar-refractivity contribution is 7.99. The molecule has 3 heteroatoms. The van der Waals surface area contributed by atoms with E-state index in [-0.39, 0.29) is 0 Å². The maximum atomic E-state index is 6.91. The molecule has 0 unspecified atom stereocenters. The molecule has 1 aliphatic heterocycles. The zero-order valence-corrected chi connectivity index (χ0v) is 41.6. The Balaban J connectivity index is 0.932. The molecule has 75 heavy (non-hydrogen) atoms. The average molecular weight is 972 g/mol. The van der Waals surface area contributed by atoms with Crippen LogP contribution in [0, 0.1) is 0 Å². The van der Waals surface area contributed by atoms with Gasteiger partial charge >= 0.3 is 0 Å². The zero-order valence-electron chi connectivity index (χ0n) is 40.7. The Hall–Kier alpha value is -9.15. The second-order valence-electron chi connectivity index (χ2n) is 20.2. The highest BCUT2D eigenvalue weighted by atomic mass is 32.2. The maximum absolute atomic E-state index is 6.91. The van der Waals surface area contributed by atoms with Crippen molar-refractivity contribution in [1.29, 1.82) is 0 Å². The number of furan rings is 1. The van der Waals surface area contributed by atoms with E-state index in [9.17, 15) is 0 Å². The van der Waals surface area contributed by atoms with Gasteiger partial charge in [-0.05, 0) is 138 Å². The number of hydrogen-bond acceptors (Lipinski definition) is 3. The summed E-state index contributed by atoms with van der Waals surface area (Å²) in [5, 5.41) is 4.41. The molecule has 12 aromatic carbocycles. The summed E-state index contributed by atoms with van der Waals surface area (Å²) >= 11 is 1.89. The summed E-state index contributed by atoms with van der Waals surface area (Å²) in [5.74, 6) is 0. The Morgan fingerprint density at radius 3 is 1.64 bits per heavy atom. The van der Waals surface area contributed by atoms with Gasteiger partial charge < -0.3 is 9.32 Å². The van der Waals surface area contributed by atoms with E-state index in [0.717, 1.165) is 49.8 Å². The molecule has 0 saturated heterocycles. The van der Waals surface area contributed by atoms with Gasteiger partial charge in [0.15, 0.2) is 0 Å². The molecule has 0 atom stereocenters. The van der Waals surface area contributed by atoms with Crippen LogP contribution >= 0.6 is 11.8 Å². The number of anilines is 3. The largest absolute Gasteiger partial charge is 0.455 e. The summed E-state index contributed by atoms with van der Waals surface area (Å²) in [6, 6.07) is 101. The molecule has 16 rings (SSSR count). The molecule has 0 fully saturated rings. The minimum atomic E-state index is -0.565. The number of benzene rings is 12. The molecule has 1 spiro atoms. The van der Waals surface area contributed by atoms with Crippen molar-refractivity contribution >= 4 is 61.5 Å². The fraction of sp³-hybridized carbons (Fsp3) is 0.0278. The van der Waals surface area contributed by atoms with Crippen molar-refractivity contribution in [2.75, 3.05) is 4.90 Å². The molecule has 0 radical (unpaired) electrons. The number of para-hydroxylation sites is 1. The van der Waals surface area contributed by atoms with E-state index in [1.54, 1.807) is 0 Å². The Bertz CT molecular complexity index is 4370. The lowest BCUT2D eigenvalue weighted by Gasteiger charge is -2.39. The lowest BCUT2D eigenvalue weighted by Crippen LogP contribution is -2.31. The van der Waals surface area contributed by atoms with Gasteiger partial charge in [-0.2, -0.15) is 0 Å². The maximum Gasteiger partial charge on any atom is 0.145 e. The molecule has 0 amide bonds. The van der Waals surface area contributed by atoms with Crippen molar-refractivity contribution in [2.45, 2.75) is 20.6 Å². The molecule has 1 aromatic heterocycles. The minimum absolute atomic E-state index is 0.449. The molecule has 0 N–H and O–H groups in total. The predicted molar refractivity (Wildman–Crippen MR) is 310 cm³/mol. The first-order valence-corrected chi connectivity index (χ1v) is 26.7. The molecule has 13 aromatic rings. The number of hydrogen-bond donors (Lipinski definition) is 0. The first kappa shape index (κ1) is 42.4. The summed E-state index contributed by atoms with van der Waals surface area (Å²) in [5.41, 5.74) is 21.8. The minimum Gasteiger partial charge on any atom is -0.455 e. The van der Waals surface area contributed by atoms with E-state index >= 15 is 0 Å². The normalized spacial score (nSPS) is 14.0. The molecule has 0 saturated carbocycles. The topological polar surface area (TPSA) is 16.4 Å². The van der Waals surface area contributed by atoms with Gasteiger partial charge in [0, 0.05) is 37.3 Å². The molecular weight excluding hydrogens is 927 g/mol. The molecule has 350 valence electrons. The van der Waals surface area contributed by atoms with Crippen LogP contribution in [0.3, 0.4) is 0 Å².